The van der Waals surface area contributed by atoms with Crippen molar-refractivity contribution >= 4 is 33.0 Å². The molecule has 1 heterocycles. The van der Waals surface area contributed by atoms with Crippen LogP contribution in [0.15, 0.2) is 0 Å². The van der Waals surface area contributed by atoms with Crippen molar-refractivity contribution in [3.05, 3.63) is 21.7 Å². The van der Waals surface area contributed by atoms with Gasteiger partial charge in [-0.3, -0.25) is 0 Å². The van der Waals surface area contributed by atoms with Crippen LogP contribution in [0.4, 0.5) is 0 Å². The van der Waals surface area contributed by atoms with Crippen molar-refractivity contribution in [2.45, 2.75) is 27.7 Å². The van der Waals surface area contributed by atoms with Gasteiger partial charge in [0, 0.05) is 26.2 Å². The van der Waals surface area contributed by atoms with Gasteiger partial charge in [0.15, 0.2) is 0 Å². The molecular weight excluding hydrogens is 289 g/mol. The third-order valence-electron chi connectivity index (χ3n) is 1.98. The smallest absolute Gasteiger partial charge is 0 e. The third kappa shape index (κ3) is 3.97. The van der Waals surface area contributed by atoms with Crippen LogP contribution in [0.2, 0.25) is 0 Å². The minimum atomic E-state index is 0. The van der Waals surface area contributed by atoms with E-state index in [4.69, 9.17) is 0 Å². The summed E-state index contributed by atoms with van der Waals surface area (Å²) in [4.78, 5) is 0. The summed E-state index contributed by atoms with van der Waals surface area (Å²) in [5.74, 6) is 0. The number of halogens is 2. The van der Waals surface area contributed by atoms with Gasteiger partial charge in [0.2, 0.25) is 0 Å². The van der Waals surface area contributed by atoms with Crippen molar-refractivity contribution in [2.75, 3.05) is 0 Å². The maximum Gasteiger partial charge on any atom is 0 e. The predicted octanol–water partition coefficient (Wildman–Crippen LogP) is 4.06. The zero-order chi connectivity index (χ0) is 7.02. The van der Waals surface area contributed by atoms with Crippen LogP contribution in [0.5, 0.6) is 0 Å². The SMILES string of the molecule is Cc1p[c-](C)c(C)c1C.Cl.Cl.[Zr]. The molecule has 12 heavy (non-hydrogen) atoms. The summed E-state index contributed by atoms with van der Waals surface area (Å²) in [5, 5.41) is 3.04. The zero-order valence-electron chi connectivity index (χ0n) is 7.76. The molecule has 0 aliphatic heterocycles. The molecule has 0 nitrogen and oxygen atoms in total. The molecular formula is C8H14Cl2PZr-. The summed E-state index contributed by atoms with van der Waals surface area (Å²) >= 11 is 0. The van der Waals surface area contributed by atoms with Crippen LogP contribution in [0.1, 0.15) is 21.7 Å². The van der Waals surface area contributed by atoms with Gasteiger partial charge in [0.1, 0.15) is 0 Å². The summed E-state index contributed by atoms with van der Waals surface area (Å²) in [6, 6.07) is 0. The molecule has 0 aliphatic rings. The van der Waals surface area contributed by atoms with Crippen LogP contribution in [-0.4, -0.2) is 0 Å². The largest absolute Gasteiger partial charge is 0.220 e. The van der Waals surface area contributed by atoms with E-state index in [1.165, 1.54) is 29.9 Å². The average Bonchev–Trinajstić information content (AvgIpc) is 1.98. The Morgan fingerprint density at radius 2 is 1.50 bits per heavy atom. The summed E-state index contributed by atoms with van der Waals surface area (Å²) in [6.45, 7) is 8.82. The third-order valence-corrected chi connectivity index (χ3v) is 3.32. The maximum atomic E-state index is 2.21. The number of rotatable bonds is 0. The second kappa shape index (κ2) is 7.63. The van der Waals surface area contributed by atoms with Gasteiger partial charge in [-0.1, -0.05) is 27.7 Å². The fourth-order valence-electron chi connectivity index (χ4n) is 0.962. The fourth-order valence-corrected chi connectivity index (χ4v) is 2.14. The second-order valence-corrected chi connectivity index (χ2v) is 4.10. The first kappa shape index (κ1) is 18.9. The number of aryl methyl sites for hydroxylation is 2. The van der Waals surface area contributed by atoms with E-state index in [-0.39, 0.29) is 51.0 Å². The molecule has 0 atom stereocenters. The standard InChI is InChI=1S/C8H12P.2ClH.Zr/c1-5-6(2)8(4)9-7(5)3;;;/h1-4H3;2*1H;/q-1;;;. The van der Waals surface area contributed by atoms with Crippen molar-refractivity contribution in [1.29, 1.82) is 0 Å². The zero-order valence-corrected chi connectivity index (χ0v) is 12.7. The first-order valence-electron chi connectivity index (χ1n) is 3.20. The van der Waals surface area contributed by atoms with E-state index in [1.807, 2.05) is 0 Å². The Labute approximate surface area is 108 Å². The van der Waals surface area contributed by atoms with Crippen molar-refractivity contribution < 1.29 is 26.2 Å². The van der Waals surface area contributed by atoms with E-state index in [0.29, 0.717) is 0 Å². The quantitative estimate of drug-likeness (QED) is 0.634. The van der Waals surface area contributed by atoms with Crippen LogP contribution in [-0.2, 0) is 26.2 Å². The fraction of sp³-hybridized carbons (Fsp3) is 0.500. The average molecular weight is 303 g/mol. The predicted molar refractivity (Wildman–Crippen MR) is 58.0 cm³/mol. The summed E-state index contributed by atoms with van der Waals surface area (Å²) in [7, 11) is 1.44. The molecule has 0 bridgehead atoms. The van der Waals surface area contributed by atoms with E-state index in [0.717, 1.165) is 0 Å². The van der Waals surface area contributed by atoms with Gasteiger partial charge in [-0.15, -0.1) is 30.1 Å². The maximum absolute atomic E-state index is 2.21. The molecule has 0 unspecified atom stereocenters. The van der Waals surface area contributed by atoms with Gasteiger partial charge in [0.25, 0.3) is 0 Å². The molecule has 0 fully saturated rings. The molecule has 0 saturated heterocycles. The molecule has 0 aliphatic carbocycles. The van der Waals surface area contributed by atoms with E-state index in [9.17, 15) is 0 Å². The normalized spacial score (nSPS) is 8.33. The molecule has 1 aromatic heterocycles. The van der Waals surface area contributed by atoms with E-state index in [2.05, 4.69) is 27.7 Å². The van der Waals surface area contributed by atoms with Crippen molar-refractivity contribution in [2.24, 2.45) is 0 Å². The van der Waals surface area contributed by atoms with E-state index >= 15 is 0 Å². The van der Waals surface area contributed by atoms with Crippen LogP contribution < -0.4 is 0 Å². The molecule has 0 amide bonds. The van der Waals surface area contributed by atoms with Crippen LogP contribution in [0.25, 0.3) is 0 Å². The minimum Gasteiger partial charge on any atom is -0.220 e. The van der Waals surface area contributed by atoms with Crippen molar-refractivity contribution in [3.63, 3.8) is 0 Å². The molecule has 0 aromatic carbocycles. The number of hydrogen-bond donors (Lipinski definition) is 0. The van der Waals surface area contributed by atoms with Gasteiger partial charge < -0.3 is 0 Å². The molecule has 70 valence electrons. The number of hydrogen-bond acceptors (Lipinski definition) is 0. The first-order chi connectivity index (χ1) is 4.13. The van der Waals surface area contributed by atoms with Gasteiger partial charge in [-0.05, 0) is 0 Å². The Bertz CT molecular complexity index is 211. The molecule has 0 N–H and O–H groups in total. The van der Waals surface area contributed by atoms with E-state index < -0.39 is 0 Å². The molecule has 1 rings (SSSR count). The Morgan fingerprint density at radius 3 is 1.58 bits per heavy atom. The Kier molecular flexibility index (Phi) is 12.0. The minimum absolute atomic E-state index is 0. The summed E-state index contributed by atoms with van der Waals surface area (Å²) < 4.78 is 0. The molecule has 0 saturated carbocycles. The summed E-state index contributed by atoms with van der Waals surface area (Å²) in [5.41, 5.74) is 2.99. The second-order valence-electron chi connectivity index (χ2n) is 2.53. The van der Waals surface area contributed by atoms with Gasteiger partial charge in [0.05, 0.1) is 0 Å². The topological polar surface area (TPSA) is 0 Å². The van der Waals surface area contributed by atoms with Crippen LogP contribution >= 0.6 is 33.0 Å². The Morgan fingerprint density at radius 1 is 1.08 bits per heavy atom. The first-order valence-corrected chi connectivity index (χ1v) is 4.09. The monoisotopic (exact) mass is 301 g/mol. The van der Waals surface area contributed by atoms with E-state index in [1.54, 1.807) is 0 Å². The Balaban J connectivity index is -0.000000270. The van der Waals surface area contributed by atoms with Gasteiger partial charge in [-0.2, -0.15) is 16.4 Å². The Hall–Kier alpha value is 1.24. The molecule has 0 radical (unpaired) electrons. The van der Waals surface area contributed by atoms with Crippen molar-refractivity contribution in [3.8, 4) is 0 Å². The summed E-state index contributed by atoms with van der Waals surface area (Å²) in [6.07, 6.45) is 0. The van der Waals surface area contributed by atoms with Gasteiger partial charge >= 0.3 is 0 Å². The van der Waals surface area contributed by atoms with Crippen molar-refractivity contribution in [1.82, 2.24) is 0 Å². The molecule has 0 spiro atoms. The van der Waals surface area contributed by atoms with Crippen LogP contribution in [0, 0.1) is 27.7 Å². The van der Waals surface area contributed by atoms with Crippen LogP contribution in [0.3, 0.4) is 0 Å². The van der Waals surface area contributed by atoms with Gasteiger partial charge in [-0.25, -0.2) is 8.19 Å². The molecule has 4 heteroatoms. The molecule has 1 aromatic rings.